The molecule has 1 atom stereocenters. The van der Waals surface area contributed by atoms with Gasteiger partial charge in [-0.3, -0.25) is 4.79 Å². The van der Waals surface area contributed by atoms with Crippen LogP contribution < -0.4 is 11.1 Å². The first-order valence-corrected chi connectivity index (χ1v) is 6.51. The SMILES string of the molecule is N[C@@H](CCc1ccccc1)C(=O)Nc1ccc(F)cc1. The van der Waals surface area contributed by atoms with Crippen molar-refractivity contribution in [1.29, 1.82) is 0 Å². The minimum absolute atomic E-state index is 0.257. The number of nitrogens with one attached hydrogen (secondary N) is 1. The van der Waals surface area contributed by atoms with Crippen molar-refractivity contribution in [2.75, 3.05) is 5.32 Å². The van der Waals surface area contributed by atoms with Crippen LogP contribution in [-0.4, -0.2) is 11.9 Å². The lowest BCUT2D eigenvalue weighted by Gasteiger charge is -2.12. The van der Waals surface area contributed by atoms with Crippen molar-refractivity contribution in [2.24, 2.45) is 5.73 Å². The van der Waals surface area contributed by atoms with Crippen LogP contribution in [0.4, 0.5) is 10.1 Å². The molecule has 0 unspecified atom stereocenters. The number of carbonyl (C=O) groups is 1. The van der Waals surface area contributed by atoms with Gasteiger partial charge in [-0.05, 0) is 42.7 Å². The highest BCUT2D eigenvalue weighted by molar-refractivity contribution is 5.94. The first-order chi connectivity index (χ1) is 9.65. The summed E-state index contributed by atoms with van der Waals surface area (Å²) < 4.78 is 12.8. The highest BCUT2D eigenvalue weighted by Crippen LogP contribution is 2.10. The number of amides is 1. The zero-order valence-corrected chi connectivity index (χ0v) is 11.1. The Morgan fingerprint density at radius 2 is 1.75 bits per heavy atom. The molecule has 0 bridgehead atoms. The summed E-state index contributed by atoms with van der Waals surface area (Å²) in [6.07, 6.45) is 1.32. The molecule has 1 amide bonds. The fraction of sp³-hybridized carbons (Fsp3) is 0.188. The Balaban J connectivity index is 1.84. The van der Waals surface area contributed by atoms with Crippen LogP contribution in [-0.2, 0) is 11.2 Å². The number of halogens is 1. The molecule has 0 saturated carbocycles. The molecule has 2 aromatic carbocycles. The van der Waals surface area contributed by atoms with Crippen LogP contribution in [0.5, 0.6) is 0 Å². The standard InChI is InChI=1S/C16H17FN2O/c17-13-7-9-14(10-8-13)19-16(20)15(18)11-6-12-4-2-1-3-5-12/h1-5,7-10,15H,6,11,18H2,(H,19,20)/t15-/m0/s1. The number of aryl methyl sites for hydroxylation is 1. The molecule has 0 aliphatic heterocycles. The Morgan fingerprint density at radius 1 is 1.10 bits per heavy atom. The Hall–Kier alpha value is -2.20. The second-order valence-corrected chi connectivity index (χ2v) is 4.63. The molecule has 104 valence electrons. The zero-order valence-electron chi connectivity index (χ0n) is 11.1. The van der Waals surface area contributed by atoms with E-state index in [1.165, 1.54) is 24.3 Å². The van der Waals surface area contributed by atoms with Gasteiger partial charge in [0.1, 0.15) is 5.82 Å². The van der Waals surface area contributed by atoms with Gasteiger partial charge in [0.05, 0.1) is 6.04 Å². The maximum absolute atomic E-state index is 12.8. The predicted octanol–water partition coefficient (Wildman–Crippen LogP) is 2.72. The topological polar surface area (TPSA) is 55.1 Å². The highest BCUT2D eigenvalue weighted by Gasteiger charge is 2.13. The van der Waals surface area contributed by atoms with Crippen molar-refractivity contribution >= 4 is 11.6 Å². The van der Waals surface area contributed by atoms with Crippen molar-refractivity contribution < 1.29 is 9.18 Å². The van der Waals surface area contributed by atoms with Crippen LogP contribution in [0.1, 0.15) is 12.0 Å². The van der Waals surface area contributed by atoms with Gasteiger partial charge < -0.3 is 11.1 Å². The smallest absolute Gasteiger partial charge is 0.241 e. The molecule has 0 aliphatic rings. The summed E-state index contributed by atoms with van der Waals surface area (Å²) in [6.45, 7) is 0. The predicted molar refractivity (Wildman–Crippen MR) is 77.8 cm³/mol. The third-order valence-electron chi connectivity index (χ3n) is 3.04. The van der Waals surface area contributed by atoms with Crippen molar-refractivity contribution in [1.82, 2.24) is 0 Å². The molecule has 0 spiro atoms. The quantitative estimate of drug-likeness (QED) is 0.879. The number of nitrogens with two attached hydrogens (primary N) is 1. The van der Waals surface area contributed by atoms with Crippen LogP contribution in [0.25, 0.3) is 0 Å². The molecular weight excluding hydrogens is 255 g/mol. The van der Waals surface area contributed by atoms with Crippen LogP contribution in [0, 0.1) is 5.82 Å². The number of benzene rings is 2. The molecule has 2 rings (SSSR count). The summed E-state index contributed by atoms with van der Waals surface area (Å²) >= 11 is 0. The number of carbonyl (C=O) groups excluding carboxylic acids is 1. The van der Waals surface area contributed by atoms with Crippen molar-refractivity contribution in [2.45, 2.75) is 18.9 Å². The van der Waals surface area contributed by atoms with Crippen LogP contribution in [0.2, 0.25) is 0 Å². The number of rotatable bonds is 5. The van der Waals surface area contributed by atoms with Gasteiger partial charge >= 0.3 is 0 Å². The van der Waals surface area contributed by atoms with Crippen LogP contribution >= 0.6 is 0 Å². The largest absolute Gasteiger partial charge is 0.325 e. The van der Waals surface area contributed by atoms with Crippen LogP contribution in [0.3, 0.4) is 0 Å². The third-order valence-corrected chi connectivity index (χ3v) is 3.04. The molecule has 4 heteroatoms. The average Bonchev–Trinajstić information content (AvgIpc) is 2.48. The summed E-state index contributed by atoms with van der Waals surface area (Å²) in [5.74, 6) is -0.594. The molecule has 3 nitrogen and oxygen atoms in total. The maximum Gasteiger partial charge on any atom is 0.241 e. The van der Waals surface area contributed by atoms with Crippen molar-refractivity contribution in [3.63, 3.8) is 0 Å². The second-order valence-electron chi connectivity index (χ2n) is 4.63. The fourth-order valence-corrected chi connectivity index (χ4v) is 1.87. The van der Waals surface area contributed by atoms with Gasteiger partial charge in [-0.2, -0.15) is 0 Å². The third kappa shape index (κ3) is 4.17. The highest BCUT2D eigenvalue weighted by atomic mass is 19.1. The lowest BCUT2D eigenvalue weighted by molar-refractivity contribution is -0.117. The number of anilines is 1. The second kappa shape index (κ2) is 6.82. The van der Waals surface area contributed by atoms with Crippen molar-refractivity contribution in [3.05, 3.63) is 66.0 Å². The Morgan fingerprint density at radius 3 is 2.40 bits per heavy atom. The van der Waals surface area contributed by atoms with E-state index in [0.717, 1.165) is 12.0 Å². The van der Waals surface area contributed by atoms with Gasteiger partial charge in [-0.1, -0.05) is 30.3 Å². The molecule has 0 aliphatic carbocycles. The van der Waals surface area contributed by atoms with E-state index in [1.807, 2.05) is 30.3 Å². The van der Waals surface area contributed by atoms with Crippen LogP contribution in [0.15, 0.2) is 54.6 Å². The fourth-order valence-electron chi connectivity index (χ4n) is 1.87. The van der Waals surface area contributed by atoms with E-state index in [2.05, 4.69) is 5.32 Å². The molecule has 2 aromatic rings. The normalized spacial score (nSPS) is 11.9. The summed E-state index contributed by atoms with van der Waals surface area (Å²) in [5.41, 5.74) is 7.55. The Labute approximate surface area is 117 Å². The number of hydrogen-bond acceptors (Lipinski definition) is 2. The molecule has 0 fully saturated rings. The van der Waals surface area contributed by atoms with Gasteiger partial charge in [0.25, 0.3) is 0 Å². The zero-order chi connectivity index (χ0) is 14.4. The molecule has 0 heterocycles. The summed E-state index contributed by atoms with van der Waals surface area (Å²) in [6, 6.07) is 14.9. The van der Waals surface area contributed by atoms with Gasteiger partial charge in [-0.15, -0.1) is 0 Å². The maximum atomic E-state index is 12.8. The summed E-state index contributed by atoms with van der Waals surface area (Å²) in [5, 5.41) is 2.67. The van der Waals surface area contributed by atoms with Gasteiger partial charge in [0.15, 0.2) is 0 Å². The first kappa shape index (κ1) is 14.2. The van der Waals surface area contributed by atoms with E-state index in [9.17, 15) is 9.18 Å². The lowest BCUT2D eigenvalue weighted by atomic mass is 10.1. The van der Waals surface area contributed by atoms with Crippen molar-refractivity contribution in [3.8, 4) is 0 Å². The Bertz CT molecular complexity index is 554. The van der Waals surface area contributed by atoms with E-state index >= 15 is 0 Å². The van der Waals surface area contributed by atoms with E-state index in [-0.39, 0.29) is 11.7 Å². The molecular formula is C16H17FN2O. The summed E-state index contributed by atoms with van der Waals surface area (Å²) in [7, 11) is 0. The minimum Gasteiger partial charge on any atom is -0.325 e. The van der Waals surface area contributed by atoms with Gasteiger partial charge in [-0.25, -0.2) is 4.39 Å². The molecule has 20 heavy (non-hydrogen) atoms. The van der Waals surface area contributed by atoms with E-state index in [0.29, 0.717) is 12.1 Å². The lowest BCUT2D eigenvalue weighted by Crippen LogP contribution is -2.36. The first-order valence-electron chi connectivity index (χ1n) is 6.51. The van der Waals surface area contributed by atoms with Gasteiger partial charge in [0.2, 0.25) is 5.91 Å². The molecule has 0 aromatic heterocycles. The van der Waals surface area contributed by atoms with E-state index in [4.69, 9.17) is 5.73 Å². The number of hydrogen-bond donors (Lipinski definition) is 2. The molecule has 0 radical (unpaired) electrons. The summed E-state index contributed by atoms with van der Waals surface area (Å²) in [4.78, 5) is 11.9. The Kier molecular flexibility index (Phi) is 4.85. The van der Waals surface area contributed by atoms with E-state index in [1.54, 1.807) is 0 Å². The molecule has 0 saturated heterocycles. The average molecular weight is 272 g/mol. The van der Waals surface area contributed by atoms with E-state index < -0.39 is 6.04 Å². The molecule has 3 N–H and O–H groups in total. The minimum atomic E-state index is -0.583. The monoisotopic (exact) mass is 272 g/mol. The van der Waals surface area contributed by atoms with Gasteiger partial charge in [0, 0.05) is 5.69 Å².